The van der Waals surface area contributed by atoms with Crippen molar-refractivity contribution in [2.45, 2.75) is 21.9 Å². The number of hydrogen-bond donors (Lipinski definition) is 4. The molecule has 2 unspecified atom stereocenters. The fourth-order valence-electron chi connectivity index (χ4n) is 5.18. The molecular weight excluding hydrogens is 693 g/mol. The van der Waals surface area contributed by atoms with Crippen molar-refractivity contribution in [1.82, 2.24) is 48.9 Å². The Balaban J connectivity index is 1.14. The first kappa shape index (κ1) is 33.0. The minimum atomic E-state index is -5.07. The van der Waals surface area contributed by atoms with E-state index in [1.165, 1.54) is 43.7 Å². The van der Waals surface area contributed by atoms with Gasteiger partial charge in [-0.3, -0.25) is 0 Å². The third kappa shape index (κ3) is 6.48. The third-order valence-corrected chi connectivity index (χ3v) is 10.8. The van der Waals surface area contributed by atoms with E-state index in [9.17, 15) is 34.8 Å². The summed E-state index contributed by atoms with van der Waals surface area (Å²) in [5.74, 6) is 0. The molecule has 2 aromatic rings. The standard InChI is InChI=1S/C22H28N10O12S3/c33-3-1-25-45(37,38)19-7-23-29(13-19)15-5-17-11-27(9-15)21(35)31(17)43-47(41,42)44-32-18-6-16(10-28(12-18)22(32)36)30-14-20(8-24-30)46(39,40)26-2-4-34/h5-8,13-14,17-18,25-26,33-34H,1-4,9-12H2. The first-order valence-electron chi connectivity index (χ1n) is 13.7. The van der Waals surface area contributed by atoms with Crippen LogP contribution >= 0.6 is 0 Å². The molecule has 2 fully saturated rings. The molecule has 22 nitrogen and oxygen atoms in total. The third-order valence-electron chi connectivity index (χ3n) is 7.29. The lowest BCUT2D eigenvalue weighted by Crippen LogP contribution is -2.40. The molecule has 4 aliphatic rings. The van der Waals surface area contributed by atoms with Crippen molar-refractivity contribution >= 4 is 53.9 Å². The van der Waals surface area contributed by atoms with Gasteiger partial charge in [-0.1, -0.05) is 0 Å². The highest BCUT2D eigenvalue weighted by Crippen LogP contribution is 2.31. The number of aliphatic hydroxyl groups is 2. The minimum Gasteiger partial charge on any atom is -0.395 e. The Bertz CT molecular complexity index is 1840. The number of fused-ring (bicyclic) bond motifs is 4. The van der Waals surface area contributed by atoms with Crippen LogP contribution in [0.2, 0.25) is 0 Å². The van der Waals surface area contributed by atoms with Crippen molar-refractivity contribution < 1.29 is 53.6 Å². The minimum absolute atomic E-state index is 0.0323. The van der Waals surface area contributed by atoms with Gasteiger partial charge in [0, 0.05) is 26.2 Å². The Morgan fingerprint density at radius 2 is 1.13 bits per heavy atom. The smallest absolute Gasteiger partial charge is 0.395 e. The van der Waals surface area contributed by atoms with Gasteiger partial charge in [0.25, 0.3) is 0 Å². The highest BCUT2D eigenvalue weighted by molar-refractivity contribution is 7.89. The molecule has 4 N–H and O–H groups in total. The van der Waals surface area contributed by atoms with Crippen LogP contribution in [0.5, 0.6) is 0 Å². The number of rotatable bonds is 14. The molecule has 0 aromatic carbocycles. The molecule has 0 saturated carbocycles. The SMILES string of the molecule is O=C1N2CC(n3cc(S(=O)(=O)NCCO)cn3)=CC(C2)N1OS(=O)(=O)ON1C(=O)N2CC(n3cc(S(=O)(=O)NCCO)cn3)=CC1C2. The van der Waals surface area contributed by atoms with E-state index in [4.69, 9.17) is 18.8 Å². The monoisotopic (exact) mass is 720 g/mol. The van der Waals surface area contributed by atoms with Gasteiger partial charge < -0.3 is 20.0 Å². The summed E-state index contributed by atoms with van der Waals surface area (Å²) < 4.78 is 92.1. The highest BCUT2D eigenvalue weighted by atomic mass is 32.3. The van der Waals surface area contributed by atoms with Crippen molar-refractivity contribution in [3.05, 3.63) is 36.9 Å². The lowest BCUT2D eigenvalue weighted by atomic mass is 10.2. The molecule has 25 heteroatoms. The molecule has 6 rings (SSSR count). The lowest BCUT2D eigenvalue weighted by molar-refractivity contribution is -0.0723. The summed E-state index contributed by atoms with van der Waals surface area (Å²) in [7, 11) is -13.0. The normalized spacial score (nSPS) is 21.6. The van der Waals surface area contributed by atoms with Crippen molar-refractivity contribution in [2.75, 3.05) is 52.5 Å². The van der Waals surface area contributed by atoms with E-state index in [-0.39, 0.29) is 49.1 Å². The number of sulfonamides is 2. The van der Waals surface area contributed by atoms with Crippen molar-refractivity contribution in [1.29, 1.82) is 0 Å². The van der Waals surface area contributed by atoms with Gasteiger partial charge in [-0.25, -0.2) is 45.2 Å². The summed E-state index contributed by atoms with van der Waals surface area (Å²) in [6.45, 7) is -1.29. The molecule has 4 amide bonds. The van der Waals surface area contributed by atoms with Gasteiger partial charge in [0.05, 0.1) is 62.5 Å². The van der Waals surface area contributed by atoms with E-state index < -0.39 is 67.8 Å². The van der Waals surface area contributed by atoms with Crippen LogP contribution < -0.4 is 9.44 Å². The number of amides is 4. The Morgan fingerprint density at radius 1 is 0.723 bits per heavy atom. The molecule has 4 bridgehead atoms. The Morgan fingerprint density at radius 3 is 1.51 bits per heavy atom. The van der Waals surface area contributed by atoms with Gasteiger partial charge in [0.15, 0.2) is 0 Å². The fourth-order valence-corrected chi connectivity index (χ4v) is 7.85. The van der Waals surface area contributed by atoms with Gasteiger partial charge in [-0.15, -0.1) is 8.57 Å². The Kier molecular flexibility index (Phi) is 8.59. The molecule has 256 valence electrons. The fraction of sp³-hybridized carbons (Fsp3) is 0.455. The zero-order chi connectivity index (χ0) is 33.7. The number of aliphatic hydroxyl groups excluding tert-OH is 2. The maximum absolute atomic E-state index is 13.0. The zero-order valence-electron chi connectivity index (χ0n) is 24.1. The van der Waals surface area contributed by atoms with Gasteiger partial charge >= 0.3 is 22.5 Å². The van der Waals surface area contributed by atoms with E-state index >= 15 is 0 Å². The van der Waals surface area contributed by atoms with Gasteiger partial charge in [0.1, 0.15) is 21.9 Å². The predicted molar refractivity (Wildman–Crippen MR) is 154 cm³/mol. The first-order valence-corrected chi connectivity index (χ1v) is 18.0. The van der Waals surface area contributed by atoms with Crippen LogP contribution in [-0.4, -0.2) is 152 Å². The second-order valence-electron chi connectivity index (χ2n) is 10.5. The Labute approximate surface area is 267 Å². The van der Waals surface area contributed by atoms with Crippen molar-refractivity contribution in [2.24, 2.45) is 0 Å². The number of hydrogen-bond acceptors (Lipinski definition) is 14. The first-order chi connectivity index (χ1) is 22.2. The summed E-state index contributed by atoms with van der Waals surface area (Å²) in [5, 5.41) is 26.9. The van der Waals surface area contributed by atoms with E-state index in [0.29, 0.717) is 21.5 Å². The number of urea groups is 2. The summed E-state index contributed by atoms with van der Waals surface area (Å²) in [4.78, 5) is 28.1. The summed E-state index contributed by atoms with van der Waals surface area (Å²) in [6.07, 6.45) is 7.46. The van der Waals surface area contributed by atoms with Gasteiger partial charge in [-0.2, -0.15) is 28.7 Å². The number of carbonyl (C=O) groups excluding carboxylic acids is 2. The van der Waals surface area contributed by atoms with Crippen molar-refractivity contribution in [3.63, 3.8) is 0 Å². The molecule has 2 atom stereocenters. The van der Waals surface area contributed by atoms with Crippen LogP contribution in [0, 0.1) is 0 Å². The second-order valence-corrected chi connectivity index (χ2v) is 15.1. The molecular formula is C22H28N10O12S3. The molecule has 0 spiro atoms. The maximum Gasteiger partial charge on any atom is 0.442 e. The average Bonchev–Trinajstić information content (AvgIpc) is 3.82. The van der Waals surface area contributed by atoms with Gasteiger partial charge in [-0.05, 0) is 12.2 Å². The molecule has 0 aliphatic carbocycles. The zero-order valence-corrected chi connectivity index (χ0v) is 26.5. The quantitative estimate of drug-likeness (QED) is 0.147. The Hall–Kier alpha value is -3.95. The van der Waals surface area contributed by atoms with Crippen LogP contribution in [0.15, 0.2) is 46.7 Å². The topological polar surface area (TPSA) is 268 Å². The van der Waals surface area contributed by atoms with E-state index in [2.05, 4.69) is 19.6 Å². The number of nitrogens with zero attached hydrogens (tertiary/aromatic N) is 8. The molecule has 6 heterocycles. The number of hydroxylamine groups is 4. The maximum atomic E-state index is 13.0. The average molecular weight is 721 g/mol. The summed E-state index contributed by atoms with van der Waals surface area (Å²) >= 11 is 0. The number of aromatic nitrogens is 4. The number of nitrogens with one attached hydrogen (secondary N) is 2. The van der Waals surface area contributed by atoms with Crippen molar-refractivity contribution in [3.8, 4) is 0 Å². The van der Waals surface area contributed by atoms with E-state index in [1.807, 2.05) is 0 Å². The molecule has 4 aliphatic heterocycles. The summed E-state index contributed by atoms with van der Waals surface area (Å²) in [6, 6.07) is -3.59. The number of carbonyl (C=O) groups is 2. The molecule has 47 heavy (non-hydrogen) atoms. The van der Waals surface area contributed by atoms with Crippen LogP contribution in [-0.2, 0) is 39.0 Å². The second kappa shape index (κ2) is 12.3. The largest absolute Gasteiger partial charge is 0.442 e. The predicted octanol–water partition coefficient (Wildman–Crippen LogP) is -3.65. The highest BCUT2D eigenvalue weighted by Gasteiger charge is 2.47. The lowest BCUT2D eigenvalue weighted by Gasteiger charge is -2.22. The van der Waals surface area contributed by atoms with Crippen LogP contribution in [0.25, 0.3) is 11.4 Å². The molecule has 0 radical (unpaired) electrons. The molecule has 2 saturated heterocycles. The van der Waals surface area contributed by atoms with E-state index in [0.717, 1.165) is 12.4 Å². The molecule has 2 aromatic heterocycles. The van der Waals surface area contributed by atoms with Gasteiger partial charge in [0.2, 0.25) is 20.0 Å². The van der Waals surface area contributed by atoms with Crippen LogP contribution in [0.4, 0.5) is 9.59 Å². The summed E-state index contributed by atoms with van der Waals surface area (Å²) in [5.41, 5.74) is 0.686. The van der Waals surface area contributed by atoms with Crippen LogP contribution in [0.3, 0.4) is 0 Å². The van der Waals surface area contributed by atoms with Crippen LogP contribution in [0.1, 0.15) is 0 Å². The van der Waals surface area contributed by atoms with E-state index in [1.54, 1.807) is 0 Å².